The van der Waals surface area contributed by atoms with Crippen molar-refractivity contribution in [2.24, 2.45) is 0 Å². The van der Waals surface area contributed by atoms with Gasteiger partial charge in [0.05, 0.1) is 23.6 Å². The molecule has 1 unspecified atom stereocenters. The molecule has 0 radical (unpaired) electrons. The maximum absolute atomic E-state index is 12.8. The number of para-hydroxylation sites is 2. The Bertz CT molecular complexity index is 1240. The highest BCUT2D eigenvalue weighted by Crippen LogP contribution is 2.22. The number of imidazole rings is 1. The number of benzene rings is 3. The predicted molar refractivity (Wildman–Crippen MR) is 128 cm³/mol. The minimum absolute atomic E-state index is 0.109. The number of ether oxygens (including phenoxy) is 1. The summed E-state index contributed by atoms with van der Waals surface area (Å²) in [6.45, 7) is 9.29. The molecule has 164 valence electrons. The van der Waals surface area contributed by atoms with E-state index in [-0.39, 0.29) is 11.9 Å². The van der Waals surface area contributed by atoms with Gasteiger partial charge in [-0.1, -0.05) is 35.9 Å². The quantitative estimate of drug-likeness (QED) is 0.422. The highest BCUT2D eigenvalue weighted by atomic mass is 16.5. The molecule has 4 rings (SSSR count). The first-order valence-electron chi connectivity index (χ1n) is 10.9. The van der Waals surface area contributed by atoms with Crippen molar-refractivity contribution in [3.05, 3.63) is 94.8 Å². The molecule has 0 aliphatic heterocycles. The van der Waals surface area contributed by atoms with E-state index in [9.17, 15) is 4.79 Å². The van der Waals surface area contributed by atoms with Crippen LogP contribution in [0.15, 0.2) is 66.7 Å². The number of carbonyl (C=O) groups is 1. The van der Waals surface area contributed by atoms with Gasteiger partial charge in [-0.25, -0.2) is 4.98 Å². The number of carbonyl (C=O) groups excluding carboxylic acids is 1. The average molecular weight is 428 g/mol. The summed E-state index contributed by atoms with van der Waals surface area (Å²) in [6, 6.07) is 21.5. The second-order valence-corrected chi connectivity index (χ2v) is 8.27. The van der Waals surface area contributed by atoms with Crippen LogP contribution in [0.4, 0.5) is 0 Å². The van der Waals surface area contributed by atoms with Gasteiger partial charge in [0.15, 0.2) is 0 Å². The third-order valence-electron chi connectivity index (χ3n) is 5.79. The molecule has 0 bridgehead atoms. The first kappa shape index (κ1) is 21.6. The summed E-state index contributed by atoms with van der Waals surface area (Å²) in [5.74, 6) is 1.57. The third kappa shape index (κ3) is 4.67. The van der Waals surface area contributed by atoms with E-state index >= 15 is 0 Å². The number of amides is 1. The molecule has 1 aromatic heterocycles. The Labute approximate surface area is 189 Å². The van der Waals surface area contributed by atoms with E-state index < -0.39 is 0 Å². The van der Waals surface area contributed by atoms with E-state index in [4.69, 9.17) is 9.72 Å². The molecule has 5 heteroatoms. The number of fused-ring (bicyclic) bond motifs is 1. The lowest BCUT2D eigenvalue weighted by molar-refractivity contribution is 0.0937. The topological polar surface area (TPSA) is 56.2 Å². The fourth-order valence-corrected chi connectivity index (χ4v) is 3.77. The summed E-state index contributed by atoms with van der Waals surface area (Å²) in [5.41, 5.74) is 6.16. The van der Waals surface area contributed by atoms with Crippen LogP contribution in [0.3, 0.4) is 0 Å². The molecule has 0 saturated carbocycles. The van der Waals surface area contributed by atoms with Crippen LogP contribution in [-0.2, 0) is 6.54 Å². The zero-order chi connectivity index (χ0) is 22.7. The largest absolute Gasteiger partial charge is 0.492 e. The summed E-state index contributed by atoms with van der Waals surface area (Å²) in [6.07, 6.45) is 0. The van der Waals surface area contributed by atoms with Crippen molar-refractivity contribution in [3.63, 3.8) is 0 Å². The van der Waals surface area contributed by atoms with Crippen molar-refractivity contribution in [1.82, 2.24) is 14.9 Å². The molecule has 0 fully saturated rings. The van der Waals surface area contributed by atoms with Crippen LogP contribution in [0.1, 0.15) is 45.8 Å². The van der Waals surface area contributed by atoms with E-state index in [1.165, 1.54) is 11.1 Å². The number of hydrogen-bond acceptors (Lipinski definition) is 3. The lowest BCUT2D eigenvalue weighted by atomic mass is 10.1. The van der Waals surface area contributed by atoms with E-state index in [1.807, 2.05) is 62.4 Å². The normalized spacial score (nSPS) is 12.0. The van der Waals surface area contributed by atoms with E-state index in [2.05, 4.69) is 41.9 Å². The molecule has 3 aromatic carbocycles. The van der Waals surface area contributed by atoms with E-state index in [1.54, 1.807) is 0 Å². The van der Waals surface area contributed by atoms with E-state index in [0.717, 1.165) is 28.2 Å². The van der Waals surface area contributed by atoms with Gasteiger partial charge >= 0.3 is 0 Å². The van der Waals surface area contributed by atoms with Crippen molar-refractivity contribution in [3.8, 4) is 5.75 Å². The van der Waals surface area contributed by atoms with Crippen molar-refractivity contribution in [2.75, 3.05) is 6.61 Å². The van der Waals surface area contributed by atoms with Crippen molar-refractivity contribution >= 4 is 16.9 Å². The van der Waals surface area contributed by atoms with Crippen LogP contribution in [-0.4, -0.2) is 22.1 Å². The standard InChI is InChI=1S/C27H29N3O2/c1-18-9-12-22(13-10-18)27(31)28-21(4)26-29-24-7-5-6-8-25(24)30(26)15-16-32-23-14-11-19(2)20(3)17-23/h5-14,17,21H,15-16H2,1-4H3,(H,28,31). The Morgan fingerprint density at radius 2 is 1.75 bits per heavy atom. The van der Waals surface area contributed by atoms with Gasteiger partial charge in [-0.15, -0.1) is 0 Å². The fourth-order valence-electron chi connectivity index (χ4n) is 3.77. The lowest BCUT2D eigenvalue weighted by Crippen LogP contribution is -2.29. The number of nitrogens with one attached hydrogen (secondary N) is 1. The maximum Gasteiger partial charge on any atom is 0.251 e. The summed E-state index contributed by atoms with van der Waals surface area (Å²) in [4.78, 5) is 17.6. The Balaban J connectivity index is 1.53. The summed E-state index contributed by atoms with van der Waals surface area (Å²) in [7, 11) is 0. The SMILES string of the molecule is Cc1ccc(C(=O)NC(C)c2nc3ccccc3n2CCOc2ccc(C)c(C)c2)cc1. The highest BCUT2D eigenvalue weighted by molar-refractivity contribution is 5.94. The summed E-state index contributed by atoms with van der Waals surface area (Å²) >= 11 is 0. The number of aryl methyl sites for hydroxylation is 3. The second-order valence-electron chi connectivity index (χ2n) is 8.27. The van der Waals surface area contributed by atoms with Crippen LogP contribution in [0, 0.1) is 20.8 Å². The van der Waals surface area contributed by atoms with Gasteiger partial charge in [-0.05, 0) is 75.2 Å². The lowest BCUT2D eigenvalue weighted by Gasteiger charge is -2.17. The number of nitrogens with zero attached hydrogens (tertiary/aromatic N) is 2. The predicted octanol–water partition coefficient (Wildman–Crippen LogP) is 5.53. The first-order valence-corrected chi connectivity index (χ1v) is 10.9. The Morgan fingerprint density at radius 1 is 1.00 bits per heavy atom. The molecular formula is C27H29N3O2. The van der Waals surface area contributed by atoms with Crippen molar-refractivity contribution in [1.29, 1.82) is 0 Å². The van der Waals surface area contributed by atoms with Crippen LogP contribution < -0.4 is 10.1 Å². The molecule has 32 heavy (non-hydrogen) atoms. The fraction of sp³-hybridized carbons (Fsp3) is 0.259. The smallest absolute Gasteiger partial charge is 0.251 e. The zero-order valence-electron chi connectivity index (χ0n) is 19.1. The summed E-state index contributed by atoms with van der Waals surface area (Å²) < 4.78 is 8.16. The Kier molecular flexibility index (Phi) is 6.26. The molecular weight excluding hydrogens is 398 g/mol. The van der Waals surface area contributed by atoms with Crippen molar-refractivity contribution in [2.45, 2.75) is 40.3 Å². The number of hydrogen-bond donors (Lipinski definition) is 1. The second kappa shape index (κ2) is 9.27. The number of aromatic nitrogens is 2. The van der Waals surface area contributed by atoms with Gasteiger partial charge in [0.1, 0.15) is 18.2 Å². The molecule has 0 saturated heterocycles. The third-order valence-corrected chi connectivity index (χ3v) is 5.79. The van der Waals surface area contributed by atoms with Crippen molar-refractivity contribution < 1.29 is 9.53 Å². The molecule has 1 N–H and O–H groups in total. The molecule has 1 amide bonds. The molecule has 1 heterocycles. The van der Waals surface area contributed by atoms with Gasteiger partial charge < -0.3 is 14.6 Å². The van der Waals surface area contributed by atoms with Gasteiger partial charge in [-0.3, -0.25) is 4.79 Å². The molecule has 0 spiro atoms. The van der Waals surface area contributed by atoms with Crippen LogP contribution >= 0.6 is 0 Å². The minimum Gasteiger partial charge on any atom is -0.492 e. The molecule has 0 aliphatic rings. The van der Waals surface area contributed by atoms with Gasteiger partial charge in [0.25, 0.3) is 5.91 Å². The van der Waals surface area contributed by atoms with Crippen LogP contribution in [0.2, 0.25) is 0 Å². The van der Waals surface area contributed by atoms with Gasteiger partial charge in [-0.2, -0.15) is 0 Å². The molecule has 1 atom stereocenters. The minimum atomic E-state index is -0.252. The highest BCUT2D eigenvalue weighted by Gasteiger charge is 2.19. The summed E-state index contributed by atoms with van der Waals surface area (Å²) in [5, 5.41) is 3.09. The Morgan fingerprint density at radius 3 is 2.50 bits per heavy atom. The zero-order valence-corrected chi connectivity index (χ0v) is 19.1. The van der Waals surface area contributed by atoms with Gasteiger partial charge in [0, 0.05) is 5.56 Å². The molecule has 0 aliphatic carbocycles. The van der Waals surface area contributed by atoms with Gasteiger partial charge in [0.2, 0.25) is 0 Å². The number of rotatable bonds is 7. The van der Waals surface area contributed by atoms with E-state index in [0.29, 0.717) is 18.7 Å². The Hall–Kier alpha value is -3.60. The van der Waals surface area contributed by atoms with Crippen LogP contribution in [0.5, 0.6) is 5.75 Å². The first-order chi connectivity index (χ1) is 15.4. The van der Waals surface area contributed by atoms with Crippen LogP contribution in [0.25, 0.3) is 11.0 Å². The average Bonchev–Trinajstić information content (AvgIpc) is 3.15. The maximum atomic E-state index is 12.8. The monoisotopic (exact) mass is 427 g/mol. The molecule has 4 aromatic rings. The molecule has 5 nitrogen and oxygen atoms in total.